The van der Waals surface area contributed by atoms with Crippen LogP contribution in [0.1, 0.15) is 37.3 Å². The van der Waals surface area contributed by atoms with E-state index in [9.17, 15) is 18.0 Å². The SMILES string of the molecule is CCC1=N[NH+](C)C(C(=O)N[C@H](C)[C@H](Cc2ccc(Cl)cc2)c2ccc(Cl)cc2)=C1.O=C([O-])C(F)(F)F. The second-order valence-electron chi connectivity index (χ2n) is 8.14. The Morgan fingerprint density at radius 3 is 2.00 bits per heavy atom. The van der Waals surface area contributed by atoms with Gasteiger partial charge in [0.05, 0.1) is 7.05 Å². The topological polar surface area (TPSA) is 86.0 Å². The zero-order valence-corrected chi connectivity index (χ0v) is 21.3. The Labute approximate surface area is 217 Å². The lowest BCUT2D eigenvalue weighted by atomic mass is 9.86. The quantitative estimate of drug-likeness (QED) is 0.561. The van der Waals surface area contributed by atoms with Crippen LogP contribution in [0.3, 0.4) is 0 Å². The first-order valence-electron chi connectivity index (χ1n) is 11.0. The highest BCUT2D eigenvalue weighted by atomic mass is 35.5. The number of carboxylic acid groups (broad SMARTS) is 1. The van der Waals surface area contributed by atoms with Gasteiger partial charge in [-0.05, 0) is 55.2 Å². The molecule has 6 nitrogen and oxygen atoms in total. The van der Waals surface area contributed by atoms with Crippen LogP contribution in [0, 0.1) is 0 Å². The van der Waals surface area contributed by atoms with Gasteiger partial charge in [-0.1, -0.05) is 59.5 Å². The van der Waals surface area contributed by atoms with Crippen molar-refractivity contribution in [2.24, 2.45) is 5.10 Å². The molecule has 0 fully saturated rings. The summed E-state index contributed by atoms with van der Waals surface area (Å²) in [5.74, 6) is -3.00. The summed E-state index contributed by atoms with van der Waals surface area (Å²) in [6.07, 6.45) is -1.72. The van der Waals surface area contributed by atoms with E-state index in [1.807, 2.05) is 75.5 Å². The van der Waals surface area contributed by atoms with Crippen LogP contribution in [-0.2, 0) is 16.0 Å². The molecule has 11 heteroatoms. The molecule has 2 N–H and O–H groups in total. The Morgan fingerprint density at radius 1 is 1.06 bits per heavy atom. The molecular weight excluding hydrogens is 518 g/mol. The Kier molecular flexibility index (Phi) is 10.5. The summed E-state index contributed by atoms with van der Waals surface area (Å²) in [6.45, 7) is 4.08. The van der Waals surface area contributed by atoms with Crippen LogP contribution in [0.2, 0.25) is 10.0 Å². The summed E-state index contributed by atoms with van der Waals surface area (Å²) in [7, 11) is 1.88. The van der Waals surface area contributed by atoms with Crippen LogP contribution in [0.4, 0.5) is 13.2 Å². The van der Waals surface area contributed by atoms with Crippen LogP contribution in [0.5, 0.6) is 0 Å². The number of quaternary nitrogens is 1. The Bertz CT molecular complexity index is 1120. The minimum absolute atomic E-state index is 0.0845. The van der Waals surface area contributed by atoms with E-state index in [1.165, 1.54) is 0 Å². The zero-order chi connectivity index (χ0) is 27.0. The molecule has 0 radical (unpaired) electrons. The summed E-state index contributed by atoms with van der Waals surface area (Å²) in [5, 5.41) is 18.6. The van der Waals surface area contributed by atoms with Crippen LogP contribution in [0.25, 0.3) is 0 Å². The van der Waals surface area contributed by atoms with Gasteiger partial charge in [0.1, 0.15) is 11.7 Å². The van der Waals surface area contributed by atoms with Gasteiger partial charge in [0, 0.05) is 28.1 Å². The molecule has 0 aliphatic carbocycles. The van der Waals surface area contributed by atoms with Crippen molar-refractivity contribution in [3.8, 4) is 0 Å². The van der Waals surface area contributed by atoms with E-state index in [4.69, 9.17) is 33.1 Å². The third kappa shape index (κ3) is 8.65. The second kappa shape index (κ2) is 12.9. The smallest absolute Gasteiger partial charge is 0.430 e. The lowest BCUT2D eigenvalue weighted by Gasteiger charge is -2.26. The molecule has 1 heterocycles. The van der Waals surface area contributed by atoms with Gasteiger partial charge in [-0.3, -0.25) is 4.79 Å². The zero-order valence-electron chi connectivity index (χ0n) is 19.8. The molecule has 0 aromatic heterocycles. The average Bonchev–Trinajstić information content (AvgIpc) is 3.20. The summed E-state index contributed by atoms with van der Waals surface area (Å²) in [5.41, 5.74) is 3.88. The summed E-state index contributed by atoms with van der Waals surface area (Å²) in [4.78, 5) is 21.7. The molecule has 0 spiro atoms. The first kappa shape index (κ1) is 29.4. The average molecular weight is 544 g/mol. The van der Waals surface area contributed by atoms with E-state index in [0.717, 1.165) is 34.7 Å². The van der Waals surface area contributed by atoms with Gasteiger partial charge in [-0.15, -0.1) is 0 Å². The van der Waals surface area contributed by atoms with Crippen molar-refractivity contribution >= 4 is 40.8 Å². The molecule has 2 aromatic rings. The molecule has 1 aliphatic heterocycles. The van der Waals surface area contributed by atoms with Crippen molar-refractivity contribution in [2.45, 2.75) is 44.8 Å². The lowest BCUT2D eigenvalue weighted by molar-refractivity contribution is -0.838. The fraction of sp³-hybridized carbons (Fsp3) is 0.320. The second-order valence-corrected chi connectivity index (χ2v) is 9.01. The molecule has 3 rings (SSSR count). The number of alkyl halides is 3. The number of carbonyl (C=O) groups excluding carboxylic acids is 2. The number of carbonyl (C=O) groups is 2. The number of likely N-dealkylation sites (N-methyl/N-ethyl adjacent to an activating group) is 1. The van der Waals surface area contributed by atoms with Gasteiger partial charge in [-0.2, -0.15) is 18.2 Å². The monoisotopic (exact) mass is 543 g/mol. The molecule has 1 unspecified atom stereocenters. The number of nitrogens with zero attached hydrogens (tertiary/aromatic N) is 1. The third-order valence-corrected chi connectivity index (χ3v) is 5.98. The Hall–Kier alpha value is -2.88. The molecule has 0 saturated heterocycles. The van der Waals surface area contributed by atoms with E-state index in [-0.39, 0.29) is 17.9 Å². The minimum Gasteiger partial charge on any atom is -0.542 e. The van der Waals surface area contributed by atoms with E-state index in [2.05, 4.69) is 10.4 Å². The fourth-order valence-corrected chi connectivity index (χ4v) is 3.79. The van der Waals surface area contributed by atoms with Gasteiger partial charge in [0.25, 0.3) is 0 Å². The maximum absolute atomic E-state index is 12.9. The van der Waals surface area contributed by atoms with Crippen molar-refractivity contribution in [1.82, 2.24) is 5.32 Å². The molecule has 1 amide bonds. The highest BCUT2D eigenvalue weighted by Gasteiger charge is 2.30. The van der Waals surface area contributed by atoms with Crippen molar-refractivity contribution in [2.75, 3.05) is 7.05 Å². The highest BCUT2D eigenvalue weighted by molar-refractivity contribution is 6.30. The van der Waals surface area contributed by atoms with Crippen LogP contribution in [-0.4, -0.2) is 36.9 Å². The molecule has 36 heavy (non-hydrogen) atoms. The van der Waals surface area contributed by atoms with Gasteiger partial charge in [0.2, 0.25) is 5.70 Å². The molecule has 0 bridgehead atoms. The van der Waals surface area contributed by atoms with E-state index in [1.54, 1.807) is 0 Å². The number of nitrogens with one attached hydrogen (secondary N) is 2. The van der Waals surface area contributed by atoms with E-state index < -0.39 is 12.1 Å². The van der Waals surface area contributed by atoms with Crippen LogP contribution >= 0.6 is 23.2 Å². The number of amides is 1. The predicted octanol–water partition coefficient (Wildman–Crippen LogP) is 3.30. The number of allylic oxidation sites excluding steroid dienone is 1. The Balaban J connectivity index is 0.000000572. The number of rotatable bonds is 7. The van der Waals surface area contributed by atoms with Crippen LogP contribution in [0.15, 0.2) is 65.4 Å². The van der Waals surface area contributed by atoms with Crippen molar-refractivity contribution in [1.29, 1.82) is 0 Å². The third-order valence-electron chi connectivity index (χ3n) is 5.48. The van der Waals surface area contributed by atoms with E-state index >= 15 is 0 Å². The van der Waals surface area contributed by atoms with Crippen LogP contribution < -0.4 is 15.4 Å². The molecular formula is C25H26Cl2F3N3O3. The van der Waals surface area contributed by atoms with Gasteiger partial charge >= 0.3 is 12.1 Å². The number of halogens is 5. The van der Waals surface area contributed by atoms with Gasteiger partial charge in [0.15, 0.2) is 0 Å². The summed E-state index contributed by atoms with van der Waals surface area (Å²) < 4.78 is 31.5. The highest BCUT2D eigenvalue weighted by Crippen LogP contribution is 2.27. The number of benzene rings is 2. The fourth-order valence-electron chi connectivity index (χ4n) is 3.54. The number of hydrogen-bond acceptors (Lipinski definition) is 4. The number of aliphatic carboxylic acids is 1. The summed E-state index contributed by atoms with van der Waals surface area (Å²) >= 11 is 12.1. The van der Waals surface area contributed by atoms with E-state index in [0.29, 0.717) is 15.7 Å². The molecule has 1 aliphatic rings. The summed E-state index contributed by atoms with van der Waals surface area (Å²) in [6, 6.07) is 15.6. The molecule has 3 atom stereocenters. The molecule has 2 aromatic carbocycles. The van der Waals surface area contributed by atoms with Crippen molar-refractivity contribution < 1.29 is 32.9 Å². The van der Waals surface area contributed by atoms with Crippen molar-refractivity contribution in [3.05, 3.63) is 81.5 Å². The predicted molar refractivity (Wildman–Crippen MR) is 131 cm³/mol. The standard InChI is InChI=1S/C23H25Cl2N3O.C2HF3O2/c1-4-20-14-22(28(3)27-20)23(29)26-15(2)21(17-7-11-19(25)12-8-17)13-16-5-9-18(24)10-6-16;3-2(4,5)1(6)7/h5-12,14-15,21H,4,13H2,1-3H3,(H,26,29);(H,6,7)/t15-,21+;/m1./s1. The maximum atomic E-state index is 12.9. The van der Waals surface area contributed by atoms with Crippen molar-refractivity contribution in [3.63, 3.8) is 0 Å². The maximum Gasteiger partial charge on any atom is 0.430 e. The molecule has 0 saturated carbocycles. The van der Waals surface area contributed by atoms with Gasteiger partial charge in [-0.25, -0.2) is 0 Å². The largest absolute Gasteiger partial charge is 0.542 e. The first-order chi connectivity index (χ1) is 16.8. The van der Waals surface area contributed by atoms with Gasteiger partial charge < -0.3 is 15.2 Å². The lowest BCUT2D eigenvalue weighted by Crippen LogP contribution is -3.02. The minimum atomic E-state index is -5.19. The number of hydrogen-bond donors (Lipinski definition) is 2. The normalized spacial score (nSPS) is 16.7. The first-order valence-corrected chi connectivity index (χ1v) is 11.8. The molecule has 194 valence electrons. The Morgan fingerprint density at radius 2 is 1.56 bits per heavy atom. The number of carboxylic acids is 1.